The Hall–Kier alpha value is -1.09. The van der Waals surface area contributed by atoms with Crippen LogP contribution >= 0.6 is 11.5 Å². The van der Waals surface area contributed by atoms with E-state index in [-0.39, 0.29) is 5.56 Å². The Bertz CT molecular complexity index is 482. The lowest BCUT2D eigenvalue weighted by Crippen LogP contribution is -1.97. The smallest absolute Gasteiger partial charge is 0.265 e. The minimum atomic E-state index is 0.0301. The second kappa shape index (κ2) is 5.12. The van der Waals surface area contributed by atoms with Gasteiger partial charge in [-0.15, -0.1) is 0 Å². The third-order valence-electron chi connectivity index (χ3n) is 2.17. The van der Waals surface area contributed by atoms with Gasteiger partial charge in [0.05, 0.1) is 10.1 Å². The second-order valence-electron chi connectivity index (χ2n) is 3.44. The van der Waals surface area contributed by atoms with Gasteiger partial charge in [-0.25, -0.2) is 0 Å². The van der Waals surface area contributed by atoms with Crippen molar-refractivity contribution < 1.29 is 0 Å². The number of rotatable bonds is 1. The fraction of sp³-hybridized carbons (Fsp3) is 0.417. The molecule has 1 N–H and O–H groups in total. The Morgan fingerprint density at radius 1 is 1.27 bits per heavy atom. The first-order valence-corrected chi connectivity index (χ1v) is 6.11. The van der Waals surface area contributed by atoms with Crippen LogP contribution in [0.25, 0.3) is 10.1 Å². The summed E-state index contributed by atoms with van der Waals surface area (Å²) >= 11 is 1.40. The van der Waals surface area contributed by atoms with Crippen LogP contribution in [0.3, 0.4) is 0 Å². The Kier molecular flexibility index (Phi) is 4.09. The maximum atomic E-state index is 11.3. The van der Waals surface area contributed by atoms with E-state index in [2.05, 4.69) is 24.3 Å². The predicted octanol–water partition coefficient (Wildman–Crippen LogP) is 3.74. The van der Waals surface area contributed by atoms with Crippen molar-refractivity contribution in [2.75, 3.05) is 0 Å². The number of hydrogen-bond donors (Lipinski definition) is 1. The number of aromatic amines is 1. The Labute approximate surface area is 94.1 Å². The molecule has 0 spiro atoms. The molecule has 2 aromatic rings. The van der Waals surface area contributed by atoms with Gasteiger partial charge in [0.25, 0.3) is 5.56 Å². The van der Waals surface area contributed by atoms with E-state index in [1.807, 2.05) is 26.0 Å². The molecule has 0 radical (unpaired) electrons. The molecule has 0 unspecified atom stereocenters. The minimum absolute atomic E-state index is 0.0301. The summed E-state index contributed by atoms with van der Waals surface area (Å²) < 4.78 is 3.77. The molecule has 0 aliphatic rings. The van der Waals surface area contributed by atoms with E-state index in [4.69, 9.17) is 0 Å². The van der Waals surface area contributed by atoms with Crippen LogP contribution in [-0.2, 0) is 0 Å². The SMILES string of the molecule is CC.CC(C)c1ccc2s[nH]c(=O)c2c1. The molecule has 3 heteroatoms. The molecular weight excluding hydrogens is 206 g/mol. The molecular formula is C12H17NOS. The monoisotopic (exact) mass is 223 g/mol. The van der Waals surface area contributed by atoms with Crippen molar-refractivity contribution in [2.24, 2.45) is 0 Å². The first-order chi connectivity index (χ1) is 7.18. The fourth-order valence-electron chi connectivity index (χ4n) is 1.33. The highest BCUT2D eigenvalue weighted by atomic mass is 32.1. The van der Waals surface area contributed by atoms with Gasteiger partial charge in [0, 0.05) is 0 Å². The molecule has 1 heterocycles. The van der Waals surface area contributed by atoms with Crippen molar-refractivity contribution in [1.82, 2.24) is 4.37 Å². The Balaban J connectivity index is 0.000000531. The normalized spacial score (nSPS) is 10.2. The van der Waals surface area contributed by atoms with Crippen molar-refractivity contribution in [2.45, 2.75) is 33.6 Å². The molecule has 0 fully saturated rings. The average molecular weight is 223 g/mol. The van der Waals surface area contributed by atoms with E-state index in [1.165, 1.54) is 17.1 Å². The Morgan fingerprint density at radius 2 is 1.93 bits per heavy atom. The largest absolute Gasteiger partial charge is 0.277 e. The van der Waals surface area contributed by atoms with Gasteiger partial charge in [0.2, 0.25) is 0 Å². The average Bonchev–Trinajstić information content (AvgIpc) is 2.63. The van der Waals surface area contributed by atoms with Crippen LogP contribution in [0.1, 0.15) is 39.2 Å². The third-order valence-corrected chi connectivity index (χ3v) is 3.03. The quantitative estimate of drug-likeness (QED) is 0.785. The summed E-state index contributed by atoms with van der Waals surface area (Å²) in [4.78, 5) is 11.3. The van der Waals surface area contributed by atoms with Gasteiger partial charge >= 0.3 is 0 Å². The van der Waals surface area contributed by atoms with E-state index in [0.717, 1.165) is 10.1 Å². The molecule has 82 valence electrons. The molecule has 0 saturated heterocycles. The van der Waals surface area contributed by atoms with Crippen LogP contribution in [0.5, 0.6) is 0 Å². The van der Waals surface area contributed by atoms with Crippen LogP contribution < -0.4 is 5.56 Å². The second-order valence-corrected chi connectivity index (χ2v) is 4.29. The summed E-state index contributed by atoms with van der Waals surface area (Å²) in [5.74, 6) is 0.476. The van der Waals surface area contributed by atoms with Gasteiger partial charge in [-0.1, -0.05) is 45.3 Å². The fourth-order valence-corrected chi connectivity index (χ4v) is 2.04. The first-order valence-electron chi connectivity index (χ1n) is 5.29. The summed E-state index contributed by atoms with van der Waals surface area (Å²) in [6, 6.07) is 6.07. The van der Waals surface area contributed by atoms with Gasteiger partial charge in [-0.2, -0.15) is 0 Å². The van der Waals surface area contributed by atoms with Crippen molar-refractivity contribution in [1.29, 1.82) is 0 Å². The first kappa shape index (κ1) is 12.0. The standard InChI is InChI=1S/C10H11NOS.C2H6/c1-6(2)7-3-4-9-8(5-7)10(12)11-13-9;1-2/h3-6H,1-2H3,(H,11,12);1-2H3. The molecule has 0 amide bonds. The number of aromatic nitrogens is 1. The van der Waals surface area contributed by atoms with Crippen molar-refractivity contribution >= 4 is 21.6 Å². The molecule has 15 heavy (non-hydrogen) atoms. The topological polar surface area (TPSA) is 32.9 Å². The summed E-state index contributed by atoms with van der Waals surface area (Å²) in [5.41, 5.74) is 1.25. The molecule has 1 aromatic heterocycles. The van der Waals surface area contributed by atoms with Crippen LogP contribution in [0.15, 0.2) is 23.0 Å². The lowest BCUT2D eigenvalue weighted by molar-refractivity contribution is 0.869. The highest BCUT2D eigenvalue weighted by molar-refractivity contribution is 7.13. The molecule has 0 aliphatic carbocycles. The molecule has 2 rings (SSSR count). The number of benzene rings is 1. The maximum Gasteiger partial charge on any atom is 0.265 e. The number of nitrogens with one attached hydrogen (secondary N) is 1. The van der Waals surface area contributed by atoms with E-state index >= 15 is 0 Å². The van der Waals surface area contributed by atoms with Gasteiger partial charge in [0.15, 0.2) is 0 Å². The van der Waals surface area contributed by atoms with Crippen LogP contribution in [0.4, 0.5) is 0 Å². The summed E-state index contributed by atoms with van der Waals surface area (Å²) in [7, 11) is 0. The van der Waals surface area contributed by atoms with E-state index in [1.54, 1.807) is 0 Å². The summed E-state index contributed by atoms with van der Waals surface area (Å²) in [6.45, 7) is 8.25. The van der Waals surface area contributed by atoms with Crippen molar-refractivity contribution in [3.05, 3.63) is 34.1 Å². The van der Waals surface area contributed by atoms with Crippen LogP contribution in [0.2, 0.25) is 0 Å². The highest BCUT2D eigenvalue weighted by Crippen LogP contribution is 2.20. The molecule has 2 nitrogen and oxygen atoms in total. The summed E-state index contributed by atoms with van der Waals surface area (Å²) in [6.07, 6.45) is 0. The maximum absolute atomic E-state index is 11.3. The van der Waals surface area contributed by atoms with Gasteiger partial charge < -0.3 is 0 Å². The number of fused-ring (bicyclic) bond motifs is 1. The Morgan fingerprint density at radius 3 is 2.53 bits per heavy atom. The van der Waals surface area contributed by atoms with Gasteiger partial charge in [-0.05, 0) is 23.6 Å². The van der Waals surface area contributed by atoms with Crippen LogP contribution in [-0.4, -0.2) is 4.37 Å². The molecule has 0 atom stereocenters. The van der Waals surface area contributed by atoms with Gasteiger partial charge in [0.1, 0.15) is 0 Å². The zero-order chi connectivity index (χ0) is 11.4. The lowest BCUT2D eigenvalue weighted by Gasteiger charge is -2.03. The molecule has 0 saturated carbocycles. The zero-order valence-corrected chi connectivity index (χ0v) is 10.4. The lowest BCUT2D eigenvalue weighted by atomic mass is 10.0. The number of hydrogen-bond acceptors (Lipinski definition) is 2. The van der Waals surface area contributed by atoms with E-state index < -0.39 is 0 Å². The highest BCUT2D eigenvalue weighted by Gasteiger charge is 2.04. The van der Waals surface area contributed by atoms with Gasteiger partial charge in [-0.3, -0.25) is 9.17 Å². The third kappa shape index (κ3) is 2.48. The minimum Gasteiger partial charge on any atom is -0.277 e. The van der Waals surface area contributed by atoms with Crippen LogP contribution in [0, 0.1) is 0 Å². The number of H-pyrrole nitrogens is 1. The van der Waals surface area contributed by atoms with Crippen molar-refractivity contribution in [3.63, 3.8) is 0 Å². The molecule has 0 bridgehead atoms. The zero-order valence-electron chi connectivity index (χ0n) is 9.63. The summed E-state index contributed by atoms with van der Waals surface area (Å²) in [5, 5.41) is 0.816. The predicted molar refractivity (Wildman–Crippen MR) is 67.9 cm³/mol. The van der Waals surface area contributed by atoms with E-state index in [9.17, 15) is 4.79 Å². The molecule has 1 aromatic carbocycles. The van der Waals surface area contributed by atoms with E-state index in [0.29, 0.717) is 5.92 Å². The van der Waals surface area contributed by atoms with Crippen molar-refractivity contribution in [3.8, 4) is 0 Å². The molecule has 0 aliphatic heterocycles.